The maximum atomic E-state index is 13.8. The van der Waals surface area contributed by atoms with Gasteiger partial charge in [0, 0.05) is 42.8 Å². The van der Waals surface area contributed by atoms with Crippen LogP contribution in [0.4, 0.5) is 4.39 Å². The Morgan fingerprint density at radius 2 is 1.91 bits per heavy atom. The predicted molar refractivity (Wildman–Crippen MR) is 125 cm³/mol. The number of esters is 1. The number of amides is 1. The van der Waals surface area contributed by atoms with Crippen LogP contribution in [0.2, 0.25) is 0 Å². The van der Waals surface area contributed by atoms with Crippen molar-refractivity contribution in [1.29, 1.82) is 0 Å². The first-order valence-corrected chi connectivity index (χ1v) is 11.0. The third kappa shape index (κ3) is 4.90. The van der Waals surface area contributed by atoms with Gasteiger partial charge < -0.3 is 14.2 Å². The summed E-state index contributed by atoms with van der Waals surface area (Å²) in [4.78, 5) is 45.1. The summed E-state index contributed by atoms with van der Waals surface area (Å²) in [6.07, 6.45) is 3.23. The van der Waals surface area contributed by atoms with Crippen molar-refractivity contribution < 1.29 is 23.5 Å². The van der Waals surface area contributed by atoms with Crippen LogP contribution < -0.4 is 0 Å². The average molecular weight is 466 g/mol. The second-order valence-corrected chi connectivity index (χ2v) is 8.06. The molecule has 7 nitrogen and oxygen atoms in total. The lowest BCUT2D eigenvalue weighted by molar-refractivity contribution is 0.0513. The Balaban J connectivity index is 2.03. The Bertz CT molecular complexity index is 1220. The fourth-order valence-corrected chi connectivity index (χ4v) is 4.04. The number of carbonyl (C=O) groups excluding carboxylic acids is 3. The smallest absolute Gasteiger partial charge is 0.355 e. The van der Waals surface area contributed by atoms with Gasteiger partial charge in [-0.3, -0.25) is 14.6 Å². The summed E-state index contributed by atoms with van der Waals surface area (Å²) in [5.41, 5.74) is 2.61. The number of benzene rings is 1. The number of rotatable bonds is 8. The van der Waals surface area contributed by atoms with Crippen LogP contribution in [-0.2, 0) is 18.3 Å². The summed E-state index contributed by atoms with van der Waals surface area (Å²) in [5.74, 6) is -1.86. The Morgan fingerprint density at radius 3 is 2.53 bits per heavy atom. The van der Waals surface area contributed by atoms with Crippen LogP contribution in [0.25, 0.3) is 0 Å². The van der Waals surface area contributed by atoms with E-state index in [1.54, 1.807) is 63.8 Å². The number of pyridine rings is 1. The number of aromatic nitrogens is 2. The highest BCUT2D eigenvalue weighted by Gasteiger charge is 2.33. The number of carbonyl (C=O) groups is 3. The van der Waals surface area contributed by atoms with E-state index in [0.717, 1.165) is 11.6 Å². The molecule has 2 aromatic heterocycles. The van der Waals surface area contributed by atoms with Gasteiger partial charge in [0.25, 0.3) is 5.91 Å². The molecular formula is C26H28FN3O4. The summed E-state index contributed by atoms with van der Waals surface area (Å²) in [7, 11) is 1.70. The van der Waals surface area contributed by atoms with E-state index in [4.69, 9.17) is 4.74 Å². The van der Waals surface area contributed by atoms with Crippen LogP contribution in [0.3, 0.4) is 0 Å². The summed E-state index contributed by atoms with van der Waals surface area (Å²) < 4.78 is 20.6. The third-order valence-electron chi connectivity index (χ3n) is 5.90. The Labute approximate surface area is 198 Å². The van der Waals surface area contributed by atoms with Crippen LogP contribution in [-0.4, -0.2) is 44.8 Å². The second-order valence-electron chi connectivity index (χ2n) is 8.06. The molecule has 0 N–H and O–H groups in total. The first kappa shape index (κ1) is 24.8. The molecule has 3 rings (SSSR count). The van der Waals surface area contributed by atoms with Crippen LogP contribution in [0, 0.1) is 19.7 Å². The van der Waals surface area contributed by atoms with Crippen LogP contribution >= 0.6 is 0 Å². The molecule has 2 heterocycles. The zero-order valence-electron chi connectivity index (χ0n) is 20.0. The maximum absolute atomic E-state index is 13.8. The van der Waals surface area contributed by atoms with Gasteiger partial charge in [0.05, 0.1) is 12.6 Å². The minimum absolute atomic E-state index is 0.103. The van der Waals surface area contributed by atoms with Crippen LogP contribution in [0.5, 0.6) is 0 Å². The first-order chi connectivity index (χ1) is 16.2. The molecule has 0 aliphatic rings. The Kier molecular flexibility index (Phi) is 7.61. The van der Waals surface area contributed by atoms with E-state index in [1.807, 2.05) is 0 Å². The number of nitrogens with zero attached hydrogens (tertiary/aromatic N) is 3. The van der Waals surface area contributed by atoms with E-state index in [2.05, 4.69) is 4.98 Å². The van der Waals surface area contributed by atoms with Crippen molar-refractivity contribution in [2.75, 3.05) is 6.61 Å². The molecule has 178 valence electrons. The van der Waals surface area contributed by atoms with Gasteiger partial charge in [0.15, 0.2) is 5.78 Å². The van der Waals surface area contributed by atoms with Gasteiger partial charge in [0.2, 0.25) is 0 Å². The van der Waals surface area contributed by atoms with Gasteiger partial charge in [0.1, 0.15) is 11.5 Å². The van der Waals surface area contributed by atoms with Crippen molar-refractivity contribution >= 4 is 17.7 Å². The molecule has 1 atom stereocenters. The first-order valence-electron chi connectivity index (χ1n) is 11.0. The predicted octanol–water partition coefficient (Wildman–Crippen LogP) is 4.27. The molecular weight excluding hydrogens is 437 g/mol. The molecule has 1 amide bonds. The summed E-state index contributed by atoms with van der Waals surface area (Å²) in [6.45, 7) is 7.10. The van der Waals surface area contributed by atoms with Crippen molar-refractivity contribution in [3.63, 3.8) is 0 Å². The Morgan fingerprint density at radius 1 is 1.18 bits per heavy atom. The van der Waals surface area contributed by atoms with Gasteiger partial charge in [-0.15, -0.1) is 0 Å². The van der Waals surface area contributed by atoms with Crippen molar-refractivity contribution in [2.45, 2.75) is 40.3 Å². The zero-order chi connectivity index (χ0) is 25.0. The molecule has 0 fully saturated rings. The molecule has 0 aliphatic heterocycles. The van der Waals surface area contributed by atoms with E-state index >= 15 is 0 Å². The van der Waals surface area contributed by atoms with Crippen molar-refractivity contribution in [1.82, 2.24) is 14.5 Å². The maximum Gasteiger partial charge on any atom is 0.355 e. The molecule has 0 bridgehead atoms. The molecule has 0 spiro atoms. The highest BCUT2D eigenvalue weighted by atomic mass is 19.1. The Hall–Kier alpha value is -3.81. The SMILES string of the molecule is CCOC(=O)c1c(C)c(C(=O)C(C)N(Cc2cccnc2)C(=O)c2cccc(F)c2)c(C)n1C. The summed E-state index contributed by atoms with van der Waals surface area (Å²) >= 11 is 0. The number of ether oxygens (including phenoxy) is 1. The van der Waals surface area contributed by atoms with Gasteiger partial charge in [-0.2, -0.15) is 0 Å². The van der Waals surface area contributed by atoms with Gasteiger partial charge in [-0.25, -0.2) is 9.18 Å². The lowest BCUT2D eigenvalue weighted by Gasteiger charge is -2.29. The summed E-state index contributed by atoms with van der Waals surface area (Å²) in [6, 6.07) is 8.01. The topological polar surface area (TPSA) is 81.5 Å². The molecule has 0 radical (unpaired) electrons. The summed E-state index contributed by atoms with van der Waals surface area (Å²) in [5, 5.41) is 0. The normalized spacial score (nSPS) is 11.7. The molecule has 1 unspecified atom stereocenters. The highest BCUT2D eigenvalue weighted by molar-refractivity contribution is 6.07. The lowest BCUT2D eigenvalue weighted by atomic mass is 9.98. The third-order valence-corrected chi connectivity index (χ3v) is 5.90. The number of hydrogen-bond donors (Lipinski definition) is 0. The fourth-order valence-electron chi connectivity index (χ4n) is 4.04. The lowest BCUT2D eigenvalue weighted by Crippen LogP contribution is -2.43. The van der Waals surface area contributed by atoms with Gasteiger partial charge >= 0.3 is 5.97 Å². The van der Waals surface area contributed by atoms with E-state index in [9.17, 15) is 18.8 Å². The molecule has 34 heavy (non-hydrogen) atoms. The fraction of sp³-hybridized carbons (Fsp3) is 0.308. The molecule has 3 aromatic rings. The second kappa shape index (κ2) is 10.4. The van der Waals surface area contributed by atoms with Crippen LogP contribution in [0.15, 0.2) is 48.8 Å². The van der Waals surface area contributed by atoms with Crippen molar-refractivity contribution in [3.8, 4) is 0 Å². The van der Waals surface area contributed by atoms with Crippen molar-refractivity contribution in [2.24, 2.45) is 7.05 Å². The van der Waals surface area contributed by atoms with E-state index in [1.165, 1.54) is 23.1 Å². The number of Topliss-reactive ketones (excluding diaryl/α,β-unsaturated/α-hetero) is 1. The van der Waals surface area contributed by atoms with Gasteiger partial charge in [-0.05, 0) is 63.1 Å². The molecule has 8 heteroatoms. The molecule has 1 aromatic carbocycles. The highest BCUT2D eigenvalue weighted by Crippen LogP contribution is 2.26. The number of ketones is 1. The quantitative estimate of drug-likeness (QED) is 0.367. The number of hydrogen-bond acceptors (Lipinski definition) is 5. The standard InChI is InChI=1S/C26H28FN3O4/c1-6-34-26(33)23-16(2)22(17(3)29(23)5)24(31)18(4)30(15-19-9-8-12-28-14-19)25(32)20-10-7-11-21(27)13-20/h7-14,18H,6,15H2,1-5H3. The zero-order valence-corrected chi connectivity index (χ0v) is 20.0. The van der Waals surface area contributed by atoms with Crippen LogP contribution in [0.1, 0.15) is 61.9 Å². The van der Waals surface area contributed by atoms with E-state index in [0.29, 0.717) is 22.5 Å². The molecule has 0 aliphatic carbocycles. The molecule has 0 saturated heterocycles. The van der Waals surface area contributed by atoms with E-state index < -0.39 is 23.7 Å². The van der Waals surface area contributed by atoms with E-state index in [-0.39, 0.29) is 24.5 Å². The molecule has 0 saturated carbocycles. The average Bonchev–Trinajstić information content (AvgIpc) is 3.04. The minimum atomic E-state index is -0.897. The largest absolute Gasteiger partial charge is 0.461 e. The van der Waals surface area contributed by atoms with Crippen molar-refractivity contribution in [3.05, 3.63) is 88.3 Å². The number of halogens is 1. The monoisotopic (exact) mass is 465 g/mol. The minimum Gasteiger partial charge on any atom is -0.461 e. The van der Waals surface area contributed by atoms with Gasteiger partial charge in [-0.1, -0.05) is 12.1 Å².